The molecule has 1 rings (SSSR count). The van der Waals surface area contributed by atoms with E-state index >= 15 is 0 Å². The van der Waals surface area contributed by atoms with Crippen LogP contribution in [-0.2, 0) is 5.75 Å². The van der Waals surface area contributed by atoms with Crippen LogP contribution in [0.3, 0.4) is 0 Å². The van der Waals surface area contributed by atoms with E-state index in [0.29, 0.717) is 5.92 Å². The molecule has 1 unspecified atom stereocenters. The second kappa shape index (κ2) is 7.68. The summed E-state index contributed by atoms with van der Waals surface area (Å²) >= 11 is 1.84. The van der Waals surface area contributed by atoms with Crippen LogP contribution < -0.4 is 5.73 Å². The van der Waals surface area contributed by atoms with Gasteiger partial charge in [-0.05, 0) is 31.6 Å². The van der Waals surface area contributed by atoms with Crippen LogP contribution in [0.25, 0.3) is 0 Å². The van der Waals surface area contributed by atoms with Gasteiger partial charge in [-0.2, -0.15) is 16.7 Å². The van der Waals surface area contributed by atoms with Crippen molar-refractivity contribution in [2.75, 3.05) is 12.3 Å². The fourth-order valence-electron chi connectivity index (χ4n) is 1.38. The molecule has 2 N–H and O–H groups in total. The van der Waals surface area contributed by atoms with Gasteiger partial charge in [0.2, 0.25) is 5.89 Å². The van der Waals surface area contributed by atoms with Gasteiger partial charge in [0, 0.05) is 5.92 Å². The minimum absolute atomic E-state index is 0.320. The molecule has 0 spiro atoms. The van der Waals surface area contributed by atoms with Crippen LogP contribution in [0.15, 0.2) is 4.52 Å². The first-order valence-electron chi connectivity index (χ1n) is 5.88. The Labute approximate surface area is 101 Å². The summed E-state index contributed by atoms with van der Waals surface area (Å²) in [6, 6.07) is 0. The van der Waals surface area contributed by atoms with Crippen molar-refractivity contribution in [1.29, 1.82) is 0 Å². The molecule has 92 valence electrons. The summed E-state index contributed by atoms with van der Waals surface area (Å²) in [5.74, 6) is 3.88. The zero-order chi connectivity index (χ0) is 11.8. The quantitative estimate of drug-likeness (QED) is 0.711. The second-order valence-electron chi connectivity index (χ2n) is 3.93. The lowest BCUT2D eigenvalue weighted by atomic mass is 10.1. The third kappa shape index (κ3) is 4.53. The molecule has 0 fully saturated rings. The molecule has 0 saturated carbocycles. The van der Waals surface area contributed by atoms with Gasteiger partial charge in [0.25, 0.3) is 0 Å². The second-order valence-corrected chi connectivity index (χ2v) is 5.04. The molecule has 0 aliphatic heterocycles. The number of hydrogen-bond donors (Lipinski definition) is 1. The molecular weight excluding hydrogens is 222 g/mol. The molecule has 0 amide bonds. The van der Waals surface area contributed by atoms with Gasteiger partial charge in [-0.1, -0.05) is 19.0 Å². The van der Waals surface area contributed by atoms with Crippen molar-refractivity contribution in [3.05, 3.63) is 11.7 Å². The maximum Gasteiger partial charge on any atom is 0.229 e. The molecule has 0 bridgehead atoms. The zero-order valence-corrected chi connectivity index (χ0v) is 10.9. The summed E-state index contributed by atoms with van der Waals surface area (Å²) in [6.07, 6.45) is 3.20. The van der Waals surface area contributed by atoms with Crippen LogP contribution in [0.1, 0.15) is 50.7 Å². The van der Waals surface area contributed by atoms with Crippen LogP contribution in [-0.4, -0.2) is 22.4 Å². The number of nitrogens with two attached hydrogens (primary N) is 1. The van der Waals surface area contributed by atoms with Crippen molar-refractivity contribution in [2.24, 2.45) is 5.73 Å². The molecule has 0 radical (unpaired) electrons. The van der Waals surface area contributed by atoms with E-state index in [4.69, 9.17) is 10.3 Å². The van der Waals surface area contributed by atoms with Gasteiger partial charge in [0.15, 0.2) is 5.82 Å². The maximum absolute atomic E-state index is 5.47. The van der Waals surface area contributed by atoms with Gasteiger partial charge < -0.3 is 10.3 Å². The highest BCUT2D eigenvalue weighted by molar-refractivity contribution is 7.98. The van der Waals surface area contributed by atoms with E-state index in [1.54, 1.807) is 0 Å². The Morgan fingerprint density at radius 3 is 3.00 bits per heavy atom. The Hall–Kier alpha value is -0.550. The molecule has 1 aromatic heterocycles. The van der Waals surface area contributed by atoms with Crippen LogP contribution in [0.5, 0.6) is 0 Å². The molecule has 4 nitrogen and oxygen atoms in total. The lowest BCUT2D eigenvalue weighted by molar-refractivity contribution is 0.349. The van der Waals surface area contributed by atoms with Crippen molar-refractivity contribution >= 4 is 11.8 Å². The minimum atomic E-state index is 0.320. The largest absolute Gasteiger partial charge is 0.339 e. The molecular formula is C11H21N3OS. The van der Waals surface area contributed by atoms with Gasteiger partial charge in [-0.25, -0.2) is 0 Å². The number of thioether (sulfide) groups is 1. The Balaban J connectivity index is 2.37. The van der Waals surface area contributed by atoms with E-state index < -0.39 is 0 Å². The topological polar surface area (TPSA) is 64.9 Å². The molecule has 1 aromatic rings. The summed E-state index contributed by atoms with van der Waals surface area (Å²) in [5.41, 5.74) is 5.47. The fourth-order valence-corrected chi connectivity index (χ4v) is 2.11. The smallest absolute Gasteiger partial charge is 0.229 e. The van der Waals surface area contributed by atoms with Crippen molar-refractivity contribution in [2.45, 2.75) is 44.8 Å². The highest BCUT2D eigenvalue weighted by atomic mass is 32.2. The van der Waals surface area contributed by atoms with Crippen LogP contribution >= 0.6 is 11.8 Å². The first kappa shape index (κ1) is 13.5. The highest BCUT2D eigenvalue weighted by Gasteiger charge is 2.13. The average Bonchev–Trinajstić information content (AvgIpc) is 2.75. The maximum atomic E-state index is 5.47. The zero-order valence-electron chi connectivity index (χ0n) is 10.1. The van der Waals surface area contributed by atoms with E-state index in [1.807, 2.05) is 11.8 Å². The third-order valence-electron chi connectivity index (χ3n) is 2.33. The third-order valence-corrected chi connectivity index (χ3v) is 3.49. The fraction of sp³-hybridized carbons (Fsp3) is 0.818. The lowest BCUT2D eigenvalue weighted by Gasteiger charge is -2.03. The number of aromatic nitrogens is 2. The molecule has 0 saturated heterocycles. The van der Waals surface area contributed by atoms with Gasteiger partial charge >= 0.3 is 0 Å². The molecule has 0 aromatic carbocycles. The SMILES string of the molecule is CCCSCc1noc(C(C)CCCN)n1. The van der Waals surface area contributed by atoms with E-state index in [1.165, 1.54) is 6.42 Å². The number of hydrogen-bond acceptors (Lipinski definition) is 5. The van der Waals surface area contributed by atoms with Crippen molar-refractivity contribution in [3.8, 4) is 0 Å². The molecule has 5 heteroatoms. The van der Waals surface area contributed by atoms with E-state index in [0.717, 1.165) is 42.6 Å². The van der Waals surface area contributed by atoms with Crippen LogP contribution in [0.2, 0.25) is 0 Å². The molecule has 16 heavy (non-hydrogen) atoms. The Kier molecular flexibility index (Phi) is 6.49. The van der Waals surface area contributed by atoms with Gasteiger partial charge in [-0.3, -0.25) is 0 Å². The Morgan fingerprint density at radius 2 is 2.31 bits per heavy atom. The summed E-state index contributed by atoms with van der Waals surface area (Å²) in [5, 5.41) is 3.98. The highest BCUT2D eigenvalue weighted by Crippen LogP contribution is 2.19. The summed E-state index contributed by atoms with van der Waals surface area (Å²) in [6.45, 7) is 4.99. The normalized spacial score (nSPS) is 12.9. The molecule has 1 heterocycles. The van der Waals surface area contributed by atoms with Gasteiger partial charge in [0.1, 0.15) is 0 Å². The van der Waals surface area contributed by atoms with Crippen molar-refractivity contribution in [3.63, 3.8) is 0 Å². The molecule has 0 aliphatic carbocycles. The molecule has 1 atom stereocenters. The predicted octanol–water partition coefficient (Wildman–Crippen LogP) is 2.56. The average molecular weight is 243 g/mol. The summed E-state index contributed by atoms with van der Waals surface area (Å²) in [7, 11) is 0. The van der Waals surface area contributed by atoms with E-state index in [9.17, 15) is 0 Å². The lowest BCUT2D eigenvalue weighted by Crippen LogP contribution is -2.02. The van der Waals surface area contributed by atoms with Crippen molar-refractivity contribution in [1.82, 2.24) is 10.1 Å². The monoisotopic (exact) mass is 243 g/mol. The molecule has 0 aliphatic rings. The minimum Gasteiger partial charge on any atom is -0.339 e. The van der Waals surface area contributed by atoms with Crippen molar-refractivity contribution < 1.29 is 4.52 Å². The number of nitrogens with zero attached hydrogens (tertiary/aromatic N) is 2. The number of rotatable bonds is 8. The van der Waals surface area contributed by atoms with Gasteiger partial charge in [0.05, 0.1) is 5.75 Å². The Bertz CT molecular complexity index is 291. The first-order valence-corrected chi connectivity index (χ1v) is 7.03. The van der Waals surface area contributed by atoms with E-state index in [2.05, 4.69) is 24.0 Å². The van der Waals surface area contributed by atoms with Crippen LogP contribution in [0.4, 0.5) is 0 Å². The first-order chi connectivity index (χ1) is 7.77. The van der Waals surface area contributed by atoms with E-state index in [-0.39, 0.29) is 0 Å². The summed E-state index contributed by atoms with van der Waals surface area (Å²) in [4.78, 5) is 4.40. The summed E-state index contributed by atoms with van der Waals surface area (Å²) < 4.78 is 5.24. The Morgan fingerprint density at radius 1 is 1.50 bits per heavy atom. The van der Waals surface area contributed by atoms with Crippen LogP contribution in [0, 0.1) is 0 Å². The standard InChI is InChI=1S/C11H21N3OS/c1-3-7-16-8-10-13-11(15-14-10)9(2)5-4-6-12/h9H,3-8,12H2,1-2H3. The van der Waals surface area contributed by atoms with Gasteiger partial charge in [-0.15, -0.1) is 0 Å². The predicted molar refractivity (Wildman–Crippen MR) is 67.5 cm³/mol.